The van der Waals surface area contributed by atoms with Crippen molar-refractivity contribution < 1.29 is 14.7 Å². The first-order valence-electron chi connectivity index (χ1n) is 7.05. The predicted octanol–water partition coefficient (Wildman–Crippen LogP) is 0.444. The fraction of sp³-hybridized carbons (Fsp3) is 0.846. The molecule has 1 atom stereocenters. The molecule has 2 amide bonds. The Hall–Kier alpha value is -1.30. The molecule has 0 aromatic carbocycles. The zero-order valence-corrected chi connectivity index (χ0v) is 11.5. The molecule has 2 heterocycles. The number of carbonyl (C=O) groups excluding carboxylic acids is 1. The molecule has 19 heavy (non-hydrogen) atoms. The standard InChI is InChI=1S/C13H23N3O3/c1-2-15-4-3-10(7-15)6-14-13(19)16-8-11(9-16)5-12(17)18/h10-11H,2-9H2,1H3,(H,14,19)(H,17,18). The maximum Gasteiger partial charge on any atom is 0.317 e. The Morgan fingerprint density at radius 1 is 1.26 bits per heavy atom. The summed E-state index contributed by atoms with van der Waals surface area (Å²) in [5.74, 6) is -0.0963. The van der Waals surface area contributed by atoms with E-state index in [0.717, 1.165) is 32.6 Å². The van der Waals surface area contributed by atoms with Crippen molar-refractivity contribution in [3.8, 4) is 0 Å². The molecule has 0 spiro atoms. The number of nitrogens with zero attached hydrogens (tertiary/aromatic N) is 2. The van der Waals surface area contributed by atoms with Crippen molar-refractivity contribution in [2.24, 2.45) is 11.8 Å². The number of hydrogen-bond acceptors (Lipinski definition) is 3. The topological polar surface area (TPSA) is 72.9 Å². The summed E-state index contributed by atoms with van der Waals surface area (Å²) in [6, 6.07) is -0.0448. The van der Waals surface area contributed by atoms with Crippen molar-refractivity contribution in [3.63, 3.8) is 0 Å². The Kier molecular flexibility index (Phi) is 4.63. The Labute approximate surface area is 113 Å². The van der Waals surface area contributed by atoms with E-state index in [9.17, 15) is 9.59 Å². The summed E-state index contributed by atoms with van der Waals surface area (Å²) in [5.41, 5.74) is 0. The van der Waals surface area contributed by atoms with E-state index < -0.39 is 5.97 Å². The van der Waals surface area contributed by atoms with Gasteiger partial charge >= 0.3 is 12.0 Å². The molecule has 0 aromatic heterocycles. The zero-order valence-electron chi connectivity index (χ0n) is 11.5. The van der Waals surface area contributed by atoms with Gasteiger partial charge in [0.25, 0.3) is 0 Å². The number of amides is 2. The van der Waals surface area contributed by atoms with Gasteiger partial charge in [0.1, 0.15) is 0 Å². The highest BCUT2D eigenvalue weighted by Gasteiger charge is 2.32. The number of carbonyl (C=O) groups is 2. The van der Waals surface area contributed by atoms with Crippen LogP contribution in [0.3, 0.4) is 0 Å². The van der Waals surface area contributed by atoms with Gasteiger partial charge in [-0.2, -0.15) is 0 Å². The maximum absolute atomic E-state index is 11.8. The van der Waals surface area contributed by atoms with Gasteiger partial charge in [-0.15, -0.1) is 0 Å². The van der Waals surface area contributed by atoms with E-state index in [0.29, 0.717) is 19.0 Å². The minimum atomic E-state index is -0.782. The average molecular weight is 269 g/mol. The molecule has 0 aromatic rings. The Morgan fingerprint density at radius 3 is 2.58 bits per heavy atom. The molecule has 108 valence electrons. The van der Waals surface area contributed by atoms with Crippen molar-refractivity contribution >= 4 is 12.0 Å². The number of carboxylic acid groups (broad SMARTS) is 1. The molecule has 2 aliphatic rings. The summed E-state index contributed by atoms with van der Waals surface area (Å²) in [6.07, 6.45) is 1.31. The lowest BCUT2D eigenvalue weighted by molar-refractivity contribution is -0.139. The van der Waals surface area contributed by atoms with Crippen LogP contribution in [0.1, 0.15) is 19.8 Å². The van der Waals surface area contributed by atoms with Gasteiger partial charge in [-0.05, 0) is 25.4 Å². The Bertz CT molecular complexity index is 342. The number of nitrogens with one attached hydrogen (secondary N) is 1. The minimum Gasteiger partial charge on any atom is -0.481 e. The smallest absolute Gasteiger partial charge is 0.317 e. The van der Waals surface area contributed by atoms with Crippen LogP contribution in [-0.2, 0) is 4.79 Å². The number of likely N-dealkylation sites (tertiary alicyclic amines) is 2. The quantitative estimate of drug-likeness (QED) is 0.760. The van der Waals surface area contributed by atoms with Gasteiger partial charge < -0.3 is 20.2 Å². The van der Waals surface area contributed by atoms with Gasteiger partial charge in [-0.1, -0.05) is 6.92 Å². The molecule has 6 nitrogen and oxygen atoms in total. The molecule has 0 saturated carbocycles. The summed E-state index contributed by atoms with van der Waals surface area (Å²) in [4.78, 5) is 26.4. The Morgan fingerprint density at radius 2 is 2.00 bits per heavy atom. The maximum atomic E-state index is 11.8. The van der Waals surface area contributed by atoms with Gasteiger partial charge in [-0.25, -0.2) is 4.79 Å². The number of urea groups is 1. The lowest BCUT2D eigenvalue weighted by atomic mass is 9.97. The largest absolute Gasteiger partial charge is 0.481 e. The van der Waals surface area contributed by atoms with Crippen LogP contribution in [0.5, 0.6) is 0 Å². The molecule has 6 heteroatoms. The molecule has 2 saturated heterocycles. The van der Waals surface area contributed by atoms with E-state index in [1.807, 2.05) is 0 Å². The van der Waals surface area contributed by atoms with Crippen molar-refractivity contribution in [1.29, 1.82) is 0 Å². The van der Waals surface area contributed by atoms with E-state index >= 15 is 0 Å². The third kappa shape index (κ3) is 3.83. The summed E-state index contributed by atoms with van der Waals surface area (Å²) >= 11 is 0. The van der Waals surface area contributed by atoms with E-state index in [-0.39, 0.29) is 18.4 Å². The molecule has 1 unspecified atom stereocenters. The third-order valence-electron chi connectivity index (χ3n) is 4.07. The second kappa shape index (κ2) is 6.23. The molecule has 2 fully saturated rings. The molecule has 0 radical (unpaired) electrons. The normalized spacial score (nSPS) is 24.3. The van der Waals surface area contributed by atoms with Gasteiger partial charge in [0.05, 0.1) is 6.42 Å². The lowest BCUT2D eigenvalue weighted by Gasteiger charge is -2.38. The fourth-order valence-electron chi connectivity index (χ4n) is 2.82. The van der Waals surface area contributed by atoms with Crippen LogP contribution in [0, 0.1) is 11.8 Å². The van der Waals surface area contributed by atoms with Gasteiger partial charge in [0.15, 0.2) is 0 Å². The van der Waals surface area contributed by atoms with Crippen LogP contribution in [0.4, 0.5) is 4.79 Å². The van der Waals surface area contributed by atoms with Gasteiger partial charge in [0.2, 0.25) is 0 Å². The number of hydrogen-bond donors (Lipinski definition) is 2. The van der Waals surface area contributed by atoms with Crippen molar-refractivity contribution in [1.82, 2.24) is 15.1 Å². The number of rotatable bonds is 5. The summed E-state index contributed by atoms with van der Waals surface area (Å²) < 4.78 is 0. The Balaban J connectivity index is 1.60. The third-order valence-corrected chi connectivity index (χ3v) is 4.07. The van der Waals surface area contributed by atoms with Gasteiger partial charge in [-0.3, -0.25) is 4.79 Å². The summed E-state index contributed by atoms with van der Waals surface area (Å²) in [7, 11) is 0. The first-order valence-corrected chi connectivity index (χ1v) is 7.05. The van der Waals surface area contributed by atoms with Gasteiger partial charge in [0, 0.05) is 32.1 Å². The molecular weight excluding hydrogens is 246 g/mol. The van der Waals surface area contributed by atoms with Crippen LogP contribution in [0.25, 0.3) is 0 Å². The molecule has 0 bridgehead atoms. The fourth-order valence-corrected chi connectivity index (χ4v) is 2.82. The second-order valence-electron chi connectivity index (χ2n) is 5.60. The highest BCUT2D eigenvalue weighted by atomic mass is 16.4. The first-order chi connectivity index (χ1) is 9.08. The van der Waals surface area contributed by atoms with Crippen LogP contribution < -0.4 is 5.32 Å². The SMILES string of the molecule is CCN1CCC(CNC(=O)N2CC(CC(=O)O)C2)C1. The van der Waals surface area contributed by atoms with Crippen LogP contribution in [0.15, 0.2) is 0 Å². The molecule has 2 rings (SSSR count). The number of carboxylic acids is 1. The zero-order chi connectivity index (χ0) is 13.8. The number of aliphatic carboxylic acids is 1. The molecule has 2 N–H and O–H groups in total. The van der Waals surface area contributed by atoms with E-state index in [2.05, 4.69) is 17.1 Å². The van der Waals surface area contributed by atoms with Crippen molar-refractivity contribution in [2.45, 2.75) is 19.8 Å². The van der Waals surface area contributed by atoms with Crippen LogP contribution in [0.2, 0.25) is 0 Å². The highest BCUT2D eigenvalue weighted by Crippen LogP contribution is 2.19. The predicted molar refractivity (Wildman–Crippen MR) is 70.9 cm³/mol. The summed E-state index contributed by atoms with van der Waals surface area (Å²) in [6.45, 7) is 7.31. The molecule has 0 aliphatic carbocycles. The van der Waals surface area contributed by atoms with Crippen molar-refractivity contribution in [3.05, 3.63) is 0 Å². The van der Waals surface area contributed by atoms with Crippen molar-refractivity contribution in [2.75, 3.05) is 39.3 Å². The average Bonchev–Trinajstić information content (AvgIpc) is 2.78. The van der Waals surface area contributed by atoms with E-state index in [4.69, 9.17) is 5.11 Å². The summed E-state index contributed by atoms with van der Waals surface area (Å²) in [5, 5.41) is 11.6. The molecular formula is C13H23N3O3. The van der Waals surface area contributed by atoms with E-state index in [1.165, 1.54) is 0 Å². The second-order valence-corrected chi connectivity index (χ2v) is 5.60. The van der Waals surface area contributed by atoms with E-state index in [1.54, 1.807) is 4.90 Å². The minimum absolute atomic E-state index is 0.0448. The first kappa shape index (κ1) is 14.1. The highest BCUT2D eigenvalue weighted by molar-refractivity contribution is 5.75. The van der Waals surface area contributed by atoms with Crippen LogP contribution >= 0.6 is 0 Å². The molecule has 2 aliphatic heterocycles. The monoisotopic (exact) mass is 269 g/mol. The lowest BCUT2D eigenvalue weighted by Crippen LogP contribution is -2.54. The van der Waals surface area contributed by atoms with Crippen LogP contribution in [-0.4, -0.2) is 66.2 Å².